The molecule has 5 atom stereocenters. The molecule has 0 saturated carbocycles. The number of hydrogen-bond donors (Lipinski definition) is 2. The van der Waals surface area contributed by atoms with E-state index < -0.39 is 0 Å². The molecule has 1 radical (unpaired) electrons. The number of benzene rings is 4. The molecule has 1 unspecified atom stereocenters. The fourth-order valence-electron chi connectivity index (χ4n) is 8.85. The van der Waals surface area contributed by atoms with Gasteiger partial charge < -0.3 is 29.2 Å². The molecular formula is C38H43B3N3O3. The molecule has 4 heterocycles. The van der Waals surface area contributed by atoms with E-state index in [0.717, 1.165) is 25.8 Å². The zero-order valence-electron chi connectivity index (χ0n) is 27.4. The van der Waals surface area contributed by atoms with Crippen LogP contribution in [0.1, 0.15) is 64.7 Å². The van der Waals surface area contributed by atoms with Crippen LogP contribution in [0.2, 0.25) is 13.6 Å². The quantitative estimate of drug-likeness (QED) is 0.263. The lowest BCUT2D eigenvalue weighted by Gasteiger charge is -2.36. The van der Waals surface area contributed by atoms with Gasteiger partial charge in [0, 0.05) is 18.1 Å². The third-order valence-corrected chi connectivity index (χ3v) is 10.9. The minimum Gasteiger partial charge on any atom is -0.419 e. The van der Waals surface area contributed by atoms with Gasteiger partial charge in [0.2, 0.25) is 0 Å². The second kappa shape index (κ2) is 13.4. The monoisotopic (exact) mass is 622 g/mol. The number of aryl methyl sites for hydroxylation is 1. The Kier molecular flexibility index (Phi) is 8.86. The fraction of sp³-hybridized carbons (Fsp3) is 0.368. The van der Waals surface area contributed by atoms with Gasteiger partial charge in [0.05, 0.1) is 12.2 Å². The Morgan fingerprint density at radius 3 is 2.11 bits per heavy atom. The van der Waals surface area contributed by atoms with Crippen molar-refractivity contribution < 1.29 is 14.0 Å². The van der Waals surface area contributed by atoms with E-state index in [1.165, 1.54) is 46.2 Å². The van der Waals surface area contributed by atoms with Gasteiger partial charge in [-0.3, -0.25) is 0 Å². The summed E-state index contributed by atoms with van der Waals surface area (Å²) in [5, 5.41) is 6.72. The van der Waals surface area contributed by atoms with Crippen molar-refractivity contribution in [3.8, 4) is 0 Å². The Balaban J connectivity index is 0.000000108. The molecule has 0 amide bonds. The van der Waals surface area contributed by atoms with Gasteiger partial charge in [-0.15, -0.1) is 0 Å². The minimum atomic E-state index is -0.321. The standard InChI is InChI=1S/C18H20BNO.C10H12BNO.C10H11BNO/c1-19-20-14-8-13-17(20)18(21-19,15-9-4-2-5-10-15)16-11-6-3-7-12-16;1-11-12-10-8-5-3-2-4-7(8)6-9(10)13-11;1-2-4-8-7(3-1)5-6-9-10(8)12-11-13-9/h2-7,9-12,17H,8,13-14H2,1H3;2-5,9-10,12H,6H2,1H3;1-4,9-10,12H,5-6H2/t17-;9-,10+;9-,10?/m100/s1. The van der Waals surface area contributed by atoms with Gasteiger partial charge in [-0.2, -0.15) is 0 Å². The van der Waals surface area contributed by atoms with E-state index in [9.17, 15) is 0 Å². The maximum Gasteiger partial charge on any atom is 0.396 e. The van der Waals surface area contributed by atoms with Crippen LogP contribution in [0.5, 0.6) is 0 Å². The topological polar surface area (TPSA) is 55.0 Å². The molecule has 4 aromatic rings. The molecule has 4 aromatic carbocycles. The first kappa shape index (κ1) is 31.1. The zero-order valence-corrected chi connectivity index (χ0v) is 27.4. The normalized spacial score (nSPS) is 27.7. The van der Waals surface area contributed by atoms with Crippen molar-refractivity contribution in [2.24, 2.45) is 0 Å². The van der Waals surface area contributed by atoms with Gasteiger partial charge in [-0.05, 0) is 85.7 Å². The minimum absolute atomic E-state index is 0.179. The average molecular weight is 622 g/mol. The molecule has 6 nitrogen and oxygen atoms in total. The highest BCUT2D eigenvalue weighted by Crippen LogP contribution is 2.48. The molecule has 2 N–H and O–H groups in total. The lowest BCUT2D eigenvalue weighted by Crippen LogP contribution is -2.41. The number of rotatable bonds is 2. The average Bonchev–Trinajstić information content (AvgIpc) is 3.95. The van der Waals surface area contributed by atoms with Gasteiger partial charge in [0.25, 0.3) is 0 Å². The summed E-state index contributed by atoms with van der Waals surface area (Å²) < 4.78 is 17.8. The number of nitrogens with one attached hydrogen (secondary N) is 2. The van der Waals surface area contributed by atoms with Crippen LogP contribution in [0.25, 0.3) is 0 Å². The molecular weight excluding hydrogens is 579 g/mol. The van der Waals surface area contributed by atoms with Crippen LogP contribution < -0.4 is 10.5 Å². The number of nitrogens with zero attached hydrogens (tertiary/aromatic N) is 1. The van der Waals surface area contributed by atoms with Crippen molar-refractivity contribution in [3.05, 3.63) is 143 Å². The van der Waals surface area contributed by atoms with Crippen LogP contribution in [0.3, 0.4) is 0 Å². The second-order valence-corrected chi connectivity index (χ2v) is 13.6. The second-order valence-electron chi connectivity index (χ2n) is 13.6. The Hall–Kier alpha value is -3.17. The van der Waals surface area contributed by atoms with Gasteiger partial charge in [0.15, 0.2) is 0 Å². The highest BCUT2D eigenvalue weighted by atomic mass is 16.5. The molecule has 9 heteroatoms. The molecule has 0 spiro atoms. The van der Waals surface area contributed by atoms with Crippen LogP contribution in [-0.2, 0) is 32.4 Å². The van der Waals surface area contributed by atoms with Crippen molar-refractivity contribution in [1.82, 2.24) is 15.3 Å². The van der Waals surface area contributed by atoms with Gasteiger partial charge in [0.1, 0.15) is 5.60 Å². The van der Waals surface area contributed by atoms with Crippen LogP contribution in [0.15, 0.2) is 109 Å². The summed E-state index contributed by atoms with van der Waals surface area (Å²) in [5.74, 6) is 0. The van der Waals surface area contributed by atoms with Crippen LogP contribution >= 0.6 is 0 Å². The molecule has 2 aliphatic carbocycles. The number of hydrogen-bond acceptors (Lipinski definition) is 6. The Morgan fingerprint density at radius 1 is 0.745 bits per heavy atom. The van der Waals surface area contributed by atoms with Crippen LogP contribution in [0.4, 0.5) is 0 Å². The van der Waals surface area contributed by atoms with E-state index in [2.05, 4.69) is 138 Å². The van der Waals surface area contributed by atoms with E-state index in [1.54, 1.807) is 7.62 Å². The lowest BCUT2D eigenvalue weighted by molar-refractivity contribution is 0.106. The largest absolute Gasteiger partial charge is 0.419 e. The molecule has 4 saturated heterocycles. The van der Waals surface area contributed by atoms with Crippen molar-refractivity contribution in [1.29, 1.82) is 0 Å². The third kappa shape index (κ3) is 5.81. The van der Waals surface area contributed by atoms with E-state index in [4.69, 9.17) is 14.0 Å². The highest BCUT2D eigenvalue weighted by molar-refractivity contribution is 6.48. The molecule has 10 rings (SSSR count). The fourth-order valence-corrected chi connectivity index (χ4v) is 8.85. The van der Waals surface area contributed by atoms with Crippen molar-refractivity contribution in [3.63, 3.8) is 0 Å². The predicted molar refractivity (Wildman–Crippen MR) is 190 cm³/mol. The van der Waals surface area contributed by atoms with Crippen molar-refractivity contribution >= 4 is 21.7 Å². The summed E-state index contributed by atoms with van der Waals surface area (Å²) >= 11 is 0. The summed E-state index contributed by atoms with van der Waals surface area (Å²) in [6.45, 7) is 5.40. The van der Waals surface area contributed by atoms with E-state index in [0.29, 0.717) is 30.3 Å². The molecule has 4 fully saturated rings. The highest BCUT2D eigenvalue weighted by Gasteiger charge is 2.56. The first-order valence-electron chi connectivity index (χ1n) is 17.5. The maximum absolute atomic E-state index is 6.61. The molecule has 6 aliphatic rings. The van der Waals surface area contributed by atoms with E-state index in [-0.39, 0.29) is 19.7 Å². The third-order valence-electron chi connectivity index (χ3n) is 10.9. The van der Waals surface area contributed by atoms with Gasteiger partial charge in [-0.25, -0.2) is 0 Å². The molecule has 237 valence electrons. The molecule has 4 aliphatic heterocycles. The zero-order chi connectivity index (χ0) is 31.8. The summed E-state index contributed by atoms with van der Waals surface area (Å²) in [6.07, 6.45) is 6.53. The summed E-state index contributed by atoms with van der Waals surface area (Å²) in [5.41, 5.74) is 7.98. The SMILES string of the molecule is CB1N[C@@H]2c3ccccc3C[C@@H]2O1.CB1OC(c2ccccc2)(c2ccccc2)[C@H]2CCCN12.[B]1NC2c3ccccc3CC[C@@H]2O1. The Labute approximate surface area is 281 Å². The lowest BCUT2D eigenvalue weighted by atomic mass is 9.79. The predicted octanol–water partition coefficient (Wildman–Crippen LogP) is 6.13. The summed E-state index contributed by atoms with van der Waals surface area (Å²) in [4.78, 5) is 2.53. The molecule has 0 bridgehead atoms. The maximum atomic E-state index is 6.61. The van der Waals surface area contributed by atoms with Crippen LogP contribution in [-0.4, -0.2) is 51.3 Å². The van der Waals surface area contributed by atoms with Crippen LogP contribution in [0, 0.1) is 0 Å². The molecule has 0 aromatic heterocycles. The van der Waals surface area contributed by atoms with Crippen molar-refractivity contribution in [2.45, 2.75) is 81.7 Å². The Morgan fingerprint density at radius 2 is 1.38 bits per heavy atom. The first-order chi connectivity index (χ1) is 23.1. The number of fused-ring (bicyclic) bond motifs is 7. The smallest absolute Gasteiger partial charge is 0.396 e. The summed E-state index contributed by atoms with van der Waals surface area (Å²) in [7, 11) is 2.12. The van der Waals surface area contributed by atoms with Crippen molar-refractivity contribution in [2.75, 3.05) is 6.54 Å². The molecule has 47 heavy (non-hydrogen) atoms. The van der Waals surface area contributed by atoms with E-state index in [1.807, 2.05) is 0 Å². The Bertz CT molecular complexity index is 1620. The van der Waals surface area contributed by atoms with Gasteiger partial charge in [-0.1, -0.05) is 109 Å². The van der Waals surface area contributed by atoms with Gasteiger partial charge >= 0.3 is 21.7 Å². The summed E-state index contributed by atoms with van der Waals surface area (Å²) in [6, 6.07) is 40.0. The first-order valence-corrected chi connectivity index (χ1v) is 17.5. The van der Waals surface area contributed by atoms with E-state index >= 15 is 0 Å².